The van der Waals surface area contributed by atoms with Crippen molar-refractivity contribution in [1.29, 1.82) is 0 Å². The van der Waals surface area contributed by atoms with Crippen LogP contribution in [0.1, 0.15) is 30.1 Å². The molecule has 1 aliphatic rings. The van der Waals surface area contributed by atoms with Crippen molar-refractivity contribution >= 4 is 26.7 Å². The Labute approximate surface area is 191 Å². The summed E-state index contributed by atoms with van der Waals surface area (Å²) >= 11 is 0. The Balaban J connectivity index is 1.57. The summed E-state index contributed by atoms with van der Waals surface area (Å²) in [5.41, 5.74) is 4.79. The summed E-state index contributed by atoms with van der Waals surface area (Å²) in [6.07, 6.45) is 5.46. The van der Waals surface area contributed by atoms with Gasteiger partial charge in [0, 0.05) is 17.7 Å². The fourth-order valence-electron chi connectivity index (χ4n) is 4.23. The smallest absolute Gasteiger partial charge is 0.269 e. The van der Waals surface area contributed by atoms with Gasteiger partial charge in [-0.05, 0) is 62.2 Å². The molecule has 0 unspecified atom stereocenters. The first-order valence-electron chi connectivity index (χ1n) is 10.8. The van der Waals surface area contributed by atoms with E-state index in [0.29, 0.717) is 11.6 Å². The molecule has 8 heteroatoms. The number of rotatable bonds is 5. The van der Waals surface area contributed by atoms with Crippen LogP contribution in [0.25, 0.3) is 27.9 Å². The lowest BCUT2D eigenvalue weighted by molar-refractivity contribution is 0.415. The minimum Gasteiger partial charge on any atom is -0.497 e. The molecule has 1 saturated carbocycles. The van der Waals surface area contributed by atoms with Gasteiger partial charge in [-0.1, -0.05) is 17.7 Å². The van der Waals surface area contributed by atoms with Gasteiger partial charge in [0.2, 0.25) is 0 Å². The molecule has 0 saturated heterocycles. The number of fused-ring (bicyclic) bond motifs is 3. The Morgan fingerprint density at radius 3 is 2.36 bits per heavy atom. The van der Waals surface area contributed by atoms with Crippen LogP contribution in [-0.4, -0.2) is 33.9 Å². The molecule has 3 heterocycles. The fraction of sp³-hybridized carbons (Fsp3) is 0.200. The quantitative estimate of drug-likeness (QED) is 0.379. The van der Waals surface area contributed by atoms with Crippen LogP contribution in [-0.2, 0) is 10.0 Å². The maximum atomic E-state index is 13.4. The molecule has 1 aliphatic carbocycles. The van der Waals surface area contributed by atoms with Gasteiger partial charge in [-0.3, -0.25) is 4.40 Å². The predicted molar refractivity (Wildman–Crippen MR) is 126 cm³/mol. The van der Waals surface area contributed by atoms with Crippen molar-refractivity contribution in [2.75, 3.05) is 7.11 Å². The van der Waals surface area contributed by atoms with Crippen LogP contribution in [0.4, 0.5) is 0 Å². The number of aromatic nitrogens is 4. The normalized spacial score (nSPS) is 14.2. The first-order chi connectivity index (χ1) is 16.0. The van der Waals surface area contributed by atoms with Crippen LogP contribution in [0.3, 0.4) is 0 Å². The minimum atomic E-state index is -3.77. The van der Waals surface area contributed by atoms with E-state index in [0.717, 1.165) is 52.3 Å². The molecule has 0 bridgehead atoms. The molecule has 166 valence electrons. The summed E-state index contributed by atoms with van der Waals surface area (Å²) in [5.74, 6) is 2.10. The number of hydrogen-bond acceptors (Lipinski definition) is 5. The summed E-state index contributed by atoms with van der Waals surface area (Å²) in [6, 6.07) is 16.4. The second kappa shape index (κ2) is 7.18. The fourth-order valence-corrected chi connectivity index (χ4v) is 5.53. The van der Waals surface area contributed by atoms with Gasteiger partial charge in [-0.15, -0.1) is 0 Å². The van der Waals surface area contributed by atoms with E-state index in [9.17, 15) is 8.42 Å². The summed E-state index contributed by atoms with van der Waals surface area (Å²) < 4.78 is 35.3. The maximum absolute atomic E-state index is 13.4. The molecule has 0 atom stereocenters. The van der Waals surface area contributed by atoms with Gasteiger partial charge in [0.05, 0.1) is 34.9 Å². The van der Waals surface area contributed by atoms with E-state index >= 15 is 0 Å². The molecule has 0 spiro atoms. The zero-order valence-corrected chi connectivity index (χ0v) is 19.1. The third kappa shape index (κ3) is 3.13. The number of aryl methyl sites for hydroxylation is 1. The van der Waals surface area contributed by atoms with Gasteiger partial charge < -0.3 is 4.74 Å². The molecule has 7 nitrogen and oxygen atoms in total. The summed E-state index contributed by atoms with van der Waals surface area (Å²) in [6.45, 7) is 1.93. The molecular formula is C25H22N4O3S. The lowest BCUT2D eigenvalue weighted by Gasteiger charge is -2.08. The highest BCUT2D eigenvalue weighted by Gasteiger charge is 2.31. The Morgan fingerprint density at radius 1 is 0.970 bits per heavy atom. The van der Waals surface area contributed by atoms with Crippen molar-refractivity contribution in [3.05, 3.63) is 78.4 Å². The van der Waals surface area contributed by atoms with Crippen molar-refractivity contribution in [2.24, 2.45) is 0 Å². The number of benzene rings is 2. The molecule has 33 heavy (non-hydrogen) atoms. The van der Waals surface area contributed by atoms with Crippen molar-refractivity contribution in [3.8, 4) is 17.0 Å². The molecule has 2 aromatic carbocycles. The highest BCUT2D eigenvalue weighted by molar-refractivity contribution is 7.90. The average molecular weight is 459 g/mol. The average Bonchev–Trinajstić information content (AvgIpc) is 3.45. The number of hydrogen-bond donors (Lipinski definition) is 0. The Bertz CT molecular complexity index is 1610. The van der Waals surface area contributed by atoms with Gasteiger partial charge in [0.1, 0.15) is 11.6 Å². The van der Waals surface area contributed by atoms with Crippen molar-refractivity contribution < 1.29 is 13.2 Å². The lowest BCUT2D eigenvalue weighted by Crippen LogP contribution is -2.12. The first kappa shape index (κ1) is 20.0. The standard InChI is InChI=1S/C25H22N4O3S/c1-16-3-11-20(12-4-16)33(30,31)28-14-13-21-25(28)26-15-22-23(17-7-9-19(32-2)10-8-17)27-24(29(21)22)18-5-6-18/h3-4,7-15,18H,5-6H2,1-2H3. The summed E-state index contributed by atoms with van der Waals surface area (Å²) in [4.78, 5) is 9.82. The third-order valence-electron chi connectivity index (χ3n) is 6.18. The Morgan fingerprint density at radius 2 is 1.70 bits per heavy atom. The molecule has 0 radical (unpaired) electrons. The molecule has 1 fully saturated rings. The molecule has 3 aromatic heterocycles. The predicted octanol–water partition coefficient (Wildman–Crippen LogP) is 4.78. The number of methoxy groups -OCH3 is 1. The first-order valence-corrected chi connectivity index (χ1v) is 12.3. The van der Waals surface area contributed by atoms with Crippen molar-refractivity contribution in [3.63, 3.8) is 0 Å². The second-order valence-electron chi connectivity index (χ2n) is 8.44. The maximum Gasteiger partial charge on any atom is 0.269 e. The SMILES string of the molecule is COc1ccc(-c2nc(C3CC3)n3c2cnc2c3ccn2S(=O)(=O)c2ccc(C)cc2)cc1. The van der Waals surface area contributed by atoms with Crippen LogP contribution in [0.5, 0.6) is 5.75 Å². The highest BCUT2D eigenvalue weighted by Crippen LogP contribution is 2.42. The van der Waals surface area contributed by atoms with E-state index < -0.39 is 10.0 Å². The Kier molecular flexibility index (Phi) is 4.35. The molecule has 0 amide bonds. The zero-order chi connectivity index (χ0) is 22.7. The zero-order valence-electron chi connectivity index (χ0n) is 18.3. The topological polar surface area (TPSA) is 78.5 Å². The number of ether oxygens (including phenoxy) is 1. The van der Waals surface area contributed by atoms with Gasteiger partial charge in [-0.2, -0.15) is 0 Å². The van der Waals surface area contributed by atoms with Gasteiger partial charge in [0.15, 0.2) is 5.65 Å². The summed E-state index contributed by atoms with van der Waals surface area (Å²) in [7, 11) is -2.13. The molecule has 0 aliphatic heterocycles. The van der Waals surface area contributed by atoms with Gasteiger partial charge >= 0.3 is 0 Å². The van der Waals surface area contributed by atoms with Crippen LogP contribution >= 0.6 is 0 Å². The van der Waals surface area contributed by atoms with Gasteiger partial charge in [-0.25, -0.2) is 22.4 Å². The van der Waals surface area contributed by atoms with E-state index in [1.165, 1.54) is 3.97 Å². The molecule has 0 N–H and O–H groups in total. The van der Waals surface area contributed by atoms with Crippen LogP contribution < -0.4 is 4.74 Å². The van der Waals surface area contributed by atoms with Crippen LogP contribution in [0.15, 0.2) is 71.9 Å². The monoisotopic (exact) mass is 458 g/mol. The summed E-state index contributed by atoms with van der Waals surface area (Å²) in [5, 5.41) is 0. The number of nitrogens with zero attached hydrogens (tertiary/aromatic N) is 4. The second-order valence-corrected chi connectivity index (χ2v) is 10.3. The molecule has 5 aromatic rings. The highest BCUT2D eigenvalue weighted by atomic mass is 32.2. The van der Waals surface area contributed by atoms with E-state index in [1.54, 1.807) is 43.8 Å². The van der Waals surface area contributed by atoms with Crippen molar-refractivity contribution in [2.45, 2.75) is 30.6 Å². The Hall–Kier alpha value is -3.65. The van der Waals surface area contributed by atoms with E-state index in [2.05, 4.69) is 9.38 Å². The third-order valence-corrected chi connectivity index (χ3v) is 7.86. The van der Waals surface area contributed by atoms with Crippen LogP contribution in [0, 0.1) is 6.92 Å². The number of imidazole rings is 1. The van der Waals surface area contributed by atoms with E-state index in [1.807, 2.05) is 37.3 Å². The molecule has 6 rings (SSSR count). The molecular weight excluding hydrogens is 436 g/mol. The van der Waals surface area contributed by atoms with Crippen molar-refractivity contribution in [1.82, 2.24) is 18.3 Å². The minimum absolute atomic E-state index is 0.236. The van der Waals surface area contributed by atoms with E-state index in [-0.39, 0.29) is 4.90 Å². The van der Waals surface area contributed by atoms with Gasteiger partial charge in [0.25, 0.3) is 10.0 Å². The van der Waals surface area contributed by atoms with Crippen LogP contribution in [0.2, 0.25) is 0 Å². The largest absolute Gasteiger partial charge is 0.497 e. The lowest BCUT2D eigenvalue weighted by atomic mass is 10.1. The van der Waals surface area contributed by atoms with E-state index in [4.69, 9.17) is 9.72 Å².